The summed E-state index contributed by atoms with van der Waals surface area (Å²) < 4.78 is 24.3. The fourth-order valence-corrected chi connectivity index (χ4v) is 5.44. The number of hydrogen-bond donors (Lipinski definition) is 1. The lowest BCUT2D eigenvalue weighted by molar-refractivity contribution is 0.0428. The molecule has 8 heteroatoms. The number of hydrogen-bond acceptors (Lipinski definition) is 4. The van der Waals surface area contributed by atoms with Crippen LogP contribution in [0.1, 0.15) is 17.3 Å². The molecule has 0 bridgehead atoms. The van der Waals surface area contributed by atoms with Crippen LogP contribution in [0.25, 0.3) is 0 Å². The molecule has 1 N–H and O–H groups in total. The fraction of sp³-hybridized carbons (Fsp3) is 0.500. The lowest BCUT2D eigenvalue weighted by atomic mass is 10.0. The maximum absolute atomic E-state index is 12.8. The second-order valence-electron chi connectivity index (χ2n) is 6.11. The van der Waals surface area contributed by atoms with Gasteiger partial charge in [0, 0.05) is 25.2 Å². The molecule has 2 fully saturated rings. The number of benzene rings is 1. The number of sulfone groups is 1. The summed E-state index contributed by atoms with van der Waals surface area (Å²) in [5, 5.41) is 2.72. The van der Waals surface area contributed by atoms with Gasteiger partial charge < -0.3 is 15.1 Å². The Bertz CT molecular complexity index is 735. The van der Waals surface area contributed by atoms with Crippen LogP contribution in [0.15, 0.2) is 30.3 Å². The van der Waals surface area contributed by atoms with Gasteiger partial charge in [0.2, 0.25) is 0 Å². The third-order valence-corrected chi connectivity index (χ3v) is 6.25. The minimum absolute atomic E-state index is 0.0899. The summed E-state index contributed by atoms with van der Waals surface area (Å²) in [6.07, 6.45) is 0. The smallest absolute Gasteiger partial charge is 0.317 e. The van der Waals surface area contributed by atoms with Gasteiger partial charge in [0.15, 0.2) is 9.84 Å². The van der Waals surface area contributed by atoms with Crippen LogP contribution in [0.5, 0.6) is 0 Å². The molecule has 2 saturated heterocycles. The molecule has 2 heterocycles. The number of nitrogens with zero attached hydrogens (tertiary/aromatic N) is 2. The van der Waals surface area contributed by atoms with Gasteiger partial charge in [-0.2, -0.15) is 0 Å². The van der Waals surface area contributed by atoms with E-state index in [1.54, 1.807) is 34.1 Å². The van der Waals surface area contributed by atoms with E-state index < -0.39 is 21.9 Å². The van der Waals surface area contributed by atoms with Crippen molar-refractivity contribution in [2.24, 2.45) is 0 Å². The predicted molar refractivity (Wildman–Crippen MR) is 89.5 cm³/mol. The summed E-state index contributed by atoms with van der Waals surface area (Å²) in [5.41, 5.74) is 0.534. The fourth-order valence-electron chi connectivity index (χ4n) is 3.46. The zero-order valence-corrected chi connectivity index (χ0v) is 14.3. The Kier molecular flexibility index (Phi) is 4.49. The van der Waals surface area contributed by atoms with Crippen LogP contribution >= 0.6 is 0 Å². The zero-order valence-electron chi connectivity index (χ0n) is 13.5. The first-order chi connectivity index (χ1) is 11.4. The van der Waals surface area contributed by atoms with Crippen molar-refractivity contribution in [2.45, 2.75) is 19.0 Å². The number of rotatable bonds is 2. The zero-order chi connectivity index (χ0) is 17.3. The number of fused-ring (bicyclic) bond motifs is 1. The van der Waals surface area contributed by atoms with E-state index in [0.29, 0.717) is 25.2 Å². The van der Waals surface area contributed by atoms with E-state index in [1.165, 1.54) is 0 Å². The van der Waals surface area contributed by atoms with E-state index in [4.69, 9.17) is 0 Å². The molecule has 1 aromatic rings. The molecule has 0 aromatic heterocycles. The summed E-state index contributed by atoms with van der Waals surface area (Å²) in [4.78, 5) is 28.2. The van der Waals surface area contributed by atoms with Gasteiger partial charge in [0.1, 0.15) is 0 Å². The molecule has 0 spiro atoms. The van der Waals surface area contributed by atoms with Crippen molar-refractivity contribution in [3.05, 3.63) is 35.9 Å². The minimum Gasteiger partial charge on any atom is -0.338 e. The maximum Gasteiger partial charge on any atom is 0.317 e. The van der Waals surface area contributed by atoms with Crippen LogP contribution in [-0.4, -0.2) is 73.4 Å². The first-order valence-corrected chi connectivity index (χ1v) is 9.86. The monoisotopic (exact) mass is 351 g/mol. The predicted octanol–water partition coefficient (Wildman–Crippen LogP) is 0.340. The Morgan fingerprint density at radius 1 is 1.08 bits per heavy atom. The van der Waals surface area contributed by atoms with Crippen LogP contribution in [0.3, 0.4) is 0 Å². The van der Waals surface area contributed by atoms with Gasteiger partial charge in [0.25, 0.3) is 5.91 Å². The highest BCUT2D eigenvalue weighted by Crippen LogP contribution is 2.28. The molecule has 3 amide bonds. The first kappa shape index (κ1) is 16.8. The van der Waals surface area contributed by atoms with E-state index in [0.717, 1.165) is 0 Å². The van der Waals surface area contributed by atoms with Gasteiger partial charge in [-0.15, -0.1) is 0 Å². The second-order valence-corrected chi connectivity index (χ2v) is 8.26. The van der Waals surface area contributed by atoms with Gasteiger partial charge in [0.05, 0.1) is 23.6 Å². The van der Waals surface area contributed by atoms with Crippen LogP contribution in [-0.2, 0) is 9.84 Å². The lowest BCUT2D eigenvalue weighted by Crippen LogP contribution is -2.63. The summed E-state index contributed by atoms with van der Waals surface area (Å²) in [7, 11) is -3.27. The van der Waals surface area contributed by atoms with E-state index in [2.05, 4.69) is 5.32 Å². The van der Waals surface area contributed by atoms with Crippen molar-refractivity contribution in [1.29, 1.82) is 0 Å². The van der Waals surface area contributed by atoms with Crippen molar-refractivity contribution in [3.63, 3.8) is 0 Å². The molecule has 2 aliphatic rings. The van der Waals surface area contributed by atoms with E-state index in [9.17, 15) is 18.0 Å². The average Bonchev–Trinajstić information content (AvgIpc) is 2.89. The molecular weight excluding hydrogens is 330 g/mol. The molecule has 24 heavy (non-hydrogen) atoms. The number of urea groups is 1. The highest BCUT2D eigenvalue weighted by Gasteiger charge is 2.49. The number of amides is 3. The van der Waals surface area contributed by atoms with Crippen molar-refractivity contribution >= 4 is 21.8 Å². The number of carbonyl (C=O) groups is 2. The molecular formula is C16H21N3O4S. The van der Waals surface area contributed by atoms with E-state index in [-0.39, 0.29) is 23.4 Å². The highest BCUT2D eigenvalue weighted by atomic mass is 32.2. The van der Waals surface area contributed by atoms with Gasteiger partial charge in [-0.1, -0.05) is 18.2 Å². The minimum atomic E-state index is -3.27. The molecule has 2 aliphatic heterocycles. The number of nitrogens with one attached hydrogen (secondary N) is 1. The Labute approximate surface area is 141 Å². The highest BCUT2D eigenvalue weighted by molar-refractivity contribution is 7.91. The van der Waals surface area contributed by atoms with Gasteiger partial charge in [-0.3, -0.25) is 4.79 Å². The number of carbonyl (C=O) groups excluding carboxylic acids is 2. The molecule has 0 aliphatic carbocycles. The molecule has 2 atom stereocenters. The van der Waals surface area contributed by atoms with Crippen molar-refractivity contribution in [1.82, 2.24) is 15.1 Å². The third-order valence-electron chi connectivity index (χ3n) is 4.55. The van der Waals surface area contributed by atoms with Crippen molar-refractivity contribution in [2.75, 3.05) is 31.1 Å². The largest absolute Gasteiger partial charge is 0.338 e. The maximum atomic E-state index is 12.8. The Hall–Kier alpha value is -2.09. The molecule has 0 unspecified atom stereocenters. The van der Waals surface area contributed by atoms with Crippen LogP contribution in [0.2, 0.25) is 0 Å². The molecule has 130 valence electrons. The van der Waals surface area contributed by atoms with Crippen molar-refractivity contribution in [3.8, 4) is 0 Å². The van der Waals surface area contributed by atoms with E-state index in [1.807, 2.05) is 13.0 Å². The van der Waals surface area contributed by atoms with Gasteiger partial charge >= 0.3 is 6.03 Å². The SMILES string of the molecule is CCNC(=O)N1CCN(C(=O)c2ccccc2)[C@@H]2CS(=O)(=O)C[C@@H]21. The first-order valence-electron chi connectivity index (χ1n) is 8.04. The summed E-state index contributed by atoms with van der Waals surface area (Å²) in [5.74, 6) is -0.363. The number of piperazine rings is 1. The summed E-state index contributed by atoms with van der Waals surface area (Å²) in [6.45, 7) is 2.96. The molecule has 3 rings (SSSR count). The quantitative estimate of drug-likeness (QED) is 0.832. The van der Waals surface area contributed by atoms with Crippen LogP contribution in [0, 0.1) is 0 Å². The standard InChI is InChI=1S/C16H21N3O4S/c1-2-17-16(21)19-9-8-18(13-10-24(22,23)11-14(13)19)15(20)12-6-4-3-5-7-12/h3-7,13-14H,2,8-11H2,1H3,(H,17,21)/t13-,14+/m1/s1. The van der Waals surface area contributed by atoms with Gasteiger partial charge in [-0.05, 0) is 19.1 Å². The topological polar surface area (TPSA) is 86.8 Å². The lowest BCUT2D eigenvalue weighted by Gasteiger charge is -2.43. The normalized spacial score (nSPS) is 25.2. The molecule has 0 radical (unpaired) electrons. The molecule has 0 saturated carbocycles. The summed E-state index contributed by atoms with van der Waals surface area (Å²) in [6, 6.07) is 7.58. The molecule has 1 aromatic carbocycles. The average molecular weight is 351 g/mol. The second kappa shape index (κ2) is 6.43. The van der Waals surface area contributed by atoms with Crippen LogP contribution < -0.4 is 5.32 Å². The Balaban J connectivity index is 1.87. The Morgan fingerprint density at radius 2 is 1.67 bits per heavy atom. The Morgan fingerprint density at radius 3 is 2.29 bits per heavy atom. The van der Waals surface area contributed by atoms with E-state index >= 15 is 0 Å². The van der Waals surface area contributed by atoms with Crippen LogP contribution in [0.4, 0.5) is 4.79 Å². The van der Waals surface area contributed by atoms with Crippen molar-refractivity contribution < 1.29 is 18.0 Å². The summed E-state index contributed by atoms with van der Waals surface area (Å²) >= 11 is 0. The van der Waals surface area contributed by atoms with Gasteiger partial charge in [-0.25, -0.2) is 13.2 Å². The third kappa shape index (κ3) is 3.10. The molecule has 7 nitrogen and oxygen atoms in total.